The molecule has 2 fully saturated rings. The molecule has 2 heterocycles. The molecule has 0 bridgehead atoms. The summed E-state index contributed by atoms with van der Waals surface area (Å²) in [6, 6.07) is 6.91. The van der Waals surface area contributed by atoms with Crippen molar-refractivity contribution in [3.8, 4) is 0 Å². The van der Waals surface area contributed by atoms with Crippen LogP contribution < -0.4 is 5.32 Å². The Hall–Kier alpha value is -1.93. The van der Waals surface area contributed by atoms with Crippen LogP contribution in [-0.2, 0) is 19.4 Å². The van der Waals surface area contributed by atoms with Crippen molar-refractivity contribution in [1.29, 1.82) is 0 Å². The number of benzene rings is 1. The lowest BCUT2D eigenvalue weighted by Gasteiger charge is -2.33. The molecule has 2 aliphatic heterocycles. The maximum absolute atomic E-state index is 12.6. The average molecular weight is 394 g/mol. The van der Waals surface area contributed by atoms with Crippen LogP contribution in [0.5, 0.6) is 0 Å². The summed E-state index contributed by atoms with van der Waals surface area (Å²) >= 11 is 0. The van der Waals surface area contributed by atoms with E-state index >= 15 is 0 Å². The summed E-state index contributed by atoms with van der Waals surface area (Å²) in [5, 5.41) is 2.81. The first kappa shape index (κ1) is 19.8. The highest BCUT2D eigenvalue weighted by molar-refractivity contribution is 7.91. The highest BCUT2D eigenvalue weighted by Gasteiger charge is 2.28. The maximum Gasteiger partial charge on any atom is 0.254 e. The Kier molecular flexibility index (Phi) is 6.16. The van der Waals surface area contributed by atoms with Crippen molar-refractivity contribution < 1.29 is 22.7 Å². The standard InChI is InChI=1S/C19H26N2O5S/c1-14-12-26-10-9-21(14)19(23)16-3-5-17(6-4-16)20-18(22)7-2-15-8-11-27(24,25)13-15/h3-6,14-15H,2,7-13H2,1H3,(H,20,22). The van der Waals surface area contributed by atoms with Crippen LogP contribution >= 0.6 is 0 Å². The van der Waals surface area contributed by atoms with Gasteiger partial charge in [0.15, 0.2) is 9.84 Å². The van der Waals surface area contributed by atoms with E-state index in [0.717, 1.165) is 0 Å². The SMILES string of the molecule is CC1COCCN1C(=O)c1ccc(NC(=O)CCC2CCS(=O)(=O)C2)cc1. The van der Waals surface area contributed by atoms with Gasteiger partial charge in [-0.3, -0.25) is 9.59 Å². The molecule has 27 heavy (non-hydrogen) atoms. The van der Waals surface area contributed by atoms with Crippen molar-refractivity contribution in [2.24, 2.45) is 5.92 Å². The number of carbonyl (C=O) groups is 2. The van der Waals surface area contributed by atoms with Gasteiger partial charge in [-0.25, -0.2) is 8.42 Å². The van der Waals surface area contributed by atoms with Crippen molar-refractivity contribution in [3.63, 3.8) is 0 Å². The van der Waals surface area contributed by atoms with Gasteiger partial charge in [-0.05, 0) is 49.9 Å². The van der Waals surface area contributed by atoms with Crippen LogP contribution in [0.3, 0.4) is 0 Å². The van der Waals surface area contributed by atoms with Gasteiger partial charge in [0, 0.05) is 24.2 Å². The Labute approximate surface area is 160 Å². The van der Waals surface area contributed by atoms with E-state index in [4.69, 9.17) is 4.74 Å². The molecule has 2 unspecified atom stereocenters. The molecule has 1 aromatic rings. The number of nitrogens with zero attached hydrogens (tertiary/aromatic N) is 1. The zero-order valence-corrected chi connectivity index (χ0v) is 16.3. The van der Waals surface area contributed by atoms with Crippen LogP contribution in [0.1, 0.15) is 36.5 Å². The molecule has 2 aliphatic rings. The number of rotatable bonds is 5. The molecule has 1 N–H and O–H groups in total. The lowest BCUT2D eigenvalue weighted by Crippen LogP contribution is -2.47. The first-order chi connectivity index (χ1) is 12.8. The zero-order valence-electron chi connectivity index (χ0n) is 15.5. The van der Waals surface area contributed by atoms with Gasteiger partial charge in [0.1, 0.15) is 0 Å². The summed E-state index contributed by atoms with van der Waals surface area (Å²) in [7, 11) is -2.90. The highest BCUT2D eigenvalue weighted by Crippen LogP contribution is 2.23. The summed E-state index contributed by atoms with van der Waals surface area (Å²) in [5.41, 5.74) is 1.21. The average Bonchev–Trinajstić information content (AvgIpc) is 2.99. The quantitative estimate of drug-likeness (QED) is 0.821. The van der Waals surface area contributed by atoms with Gasteiger partial charge in [-0.1, -0.05) is 0 Å². The molecule has 0 spiro atoms. The topological polar surface area (TPSA) is 92.8 Å². The summed E-state index contributed by atoms with van der Waals surface area (Å²) in [5.74, 6) is 0.329. The fourth-order valence-electron chi connectivity index (χ4n) is 3.55. The predicted molar refractivity (Wildman–Crippen MR) is 102 cm³/mol. The minimum atomic E-state index is -2.90. The number of nitrogens with one attached hydrogen (secondary N) is 1. The third-order valence-corrected chi connectivity index (χ3v) is 6.99. The van der Waals surface area contributed by atoms with E-state index in [9.17, 15) is 18.0 Å². The van der Waals surface area contributed by atoms with Crippen LogP contribution in [0.25, 0.3) is 0 Å². The van der Waals surface area contributed by atoms with Crippen LogP contribution in [-0.4, -0.2) is 62.4 Å². The first-order valence-electron chi connectivity index (χ1n) is 9.33. The highest BCUT2D eigenvalue weighted by atomic mass is 32.2. The Morgan fingerprint density at radius 1 is 1.26 bits per heavy atom. The van der Waals surface area contributed by atoms with Crippen molar-refractivity contribution >= 4 is 27.3 Å². The third-order valence-electron chi connectivity index (χ3n) is 5.15. The molecule has 2 amide bonds. The number of carbonyl (C=O) groups excluding carboxylic acids is 2. The molecular formula is C19H26N2O5S. The second-order valence-electron chi connectivity index (χ2n) is 7.36. The van der Waals surface area contributed by atoms with Crippen LogP contribution in [0.2, 0.25) is 0 Å². The van der Waals surface area contributed by atoms with Crippen molar-refractivity contribution in [1.82, 2.24) is 4.90 Å². The molecule has 8 heteroatoms. The minimum Gasteiger partial charge on any atom is -0.377 e. The van der Waals surface area contributed by atoms with Gasteiger partial charge < -0.3 is 15.0 Å². The number of morpholine rings is 1. The summed E-state index contributed by atoms with van der Waals surface area (Å²) < 4.78 is 28.3. The van der Waals surface area contributed by atoms with Crippen molar-refractivity contribution in [3.05, 3.63) is 29.8 Å². The Morgan fingerprint density at radius 3 is 2.63 bits per heavy atom. The van der Waals surface area contributed by atoms with Crippen LogP contribution in [0.15, 0.2) is 24.3 Å². The van der Waals surface area contributed by atoms with Gasteiger partial charge in [-0.15, -0.1) is 0 Å². The van der Waals surface area contributed by atoms with E-state index < -0.39 is 9.84 Å². The van der Waals surface area contributed by atoms with Crippen molar-refractivity contribution in [2.75, 3.05) is 36.6 Å². The molecule has 3 rings (SSSR count). The Balaban J connectivity index is 1.50. The van der Waals surface area contributed by atoms with Gasteiger partial charge in [0.2, 0.25) is 5.91 Å². The fraction of sp³-hybridized carbons (Fsp3) is 0.579. The van der Waals surface area contributed by atoms with Gasteiger partial charge in [0.25, 0.3) is 5.91 Å². The summed E-state index contributed by atoms with van der Waals surface area (Å²) in [6.45, 7) is 3.63. The lowest BCUT2D eigenvalue weighted by atomic mass is 10.0. The van der Waals surface area contributed by atoms with Gasteiger partial charge in [0.05, 0.1) is 30.8 Å². The molecule has 0 radical (unpaired) electrons. The maximum atomic E-state index is 12.6. The number of amides is 2. The largest absolute Gasteiger partial charge is 0.377 e. The molecule has 1 aromatic carbocycles. The normalized spacial score (nSPS) is 24.6. The molecule has 0 saturated carbocycles. The third kappa shape index (κ3) is 5.29. The molecule has 2 saturated heterocycles. The molecule has 2 atom stereocenters. The van der Waals surface area contributed by atoms with Crippen LogP contribution in [0, 0.1) is 5.92 Å². The van der Waals surface area contributed by atoms with E-state index in [1.54, 1.807) is 29.2 Å². The number of hydrogen-bond donors (Lipinski definition) is 1. The Bertz CT molecular complexity index is 791. The second kappa shape index (κ2) is 8.39. The predicted octanol–water partition coefficient (Wildman–Crippen LogP) is 1.70. The summed E-state index contributed by atoms with van der Waals surface area (Å²) in [4.78, 5) is 26.5. The van der Waals surface area contributed by atoms with E-state index in [2.05, 4.69) is 5.32 Å². The van der Waals surface area contributed by atoms with Crippen molar-refractivity contribution in [2.45, 2.75) is 32.2 Å². The number of ether oxygens (including phenoxy) is 1. The Morgan fingerprint density at radius 2 is 2.00 bits per heavy atom. The van der Waals surface area contributed by atoms with Gasteiger partial charge in [-0.2, -0.15) is 0 Å². The molecule has 0 aromatic heterocycles. The smallest absolute Gasteiger partial charge is 0.254 e. The molecule has 0 aliphatic carbocycles. The lowest BCUT2D eigenvalue weighted by molar-refractivity contribution is -0.116. The first-order valence-corrected chi connectivity index (χ1v) is 11.2. The van der Waals surface area contributed by atoms with Crippen LogP contribution in [0.4, 0.5) is 5.69 Å². The number of hydrogen-bond acceptors (Lipinski definition) is 5. The van der Waals surface area contributed by atoms with E-state index in [1.165, 1.54) is 0 Å². The summed E-state index contributed by atoms with van der Waals surface area (Å²) in [6.07, 6.45) is 1.52. The molecule has 7 nitrogen and oxygen atoms in total. The number of anilines is 1. The monoisotopic (exact) mass is 394 g/mol. The fourth-order valence-corrected chi connectivity index (χ4v) is 5.46. The zero-order chi connectivity index (χ0) is 19.4. The molecular weight excluding hydrogens is 368 g/mol. The number of sulfone groups is 1. The van der Waals surface area contributed by atoms with Gasteiger partial charge >= 0.3 is 0 Å². The van der Waals surface area contributed by atoms with E-state index in [0.29, 0.717) is 50.3 Å². The molecule has 148 valence electrons. The van der Waals surface area contributed by atoms with E-state index in [1.807, 2.05) is 6.92 Å². The van der Waals surface area contributed by atoms with E-state index in [-0.39, 0.29) is 35.3 Å². The second-order valence-corrected chi connectivity index (χ2v) is 9.58. The minimum absolute atomic E-state index is 0.0360.